The lowest BCUT2D eigenvalue weighted by atomic mass is 10.2. The van der Waals surface area contributed by atoms with Gasteiger partial charge in [0.2, 0.25) is 0 Å². The molecule has 0 aromatic heterocycles. The van der Waals surface area contributed by atoms with E-state index in [0.717, 1.165) is 17.6 Å². The van der Waals surface area contributed by atoms with Gasteiger partial charge < -0.3 is 5.32 Å². The number of hydrogen-bond acceptors (Lipinski definition) is 2. The SMILES string of the molecule is CSc1ccc(CNCc2cccc(Br)c2)cc1. The molecule has 3 heteroatoms. The lowest BCUT2D eigenvalue weighted by Gasteiger charge is -2.06. The molecule has 0 saturated carbocycles. The lowest BCUT2D eigenvalue weighted by Crippen LogP contribution is -2.12. The predicted octanol–water partition coefficient (Wildman–Crippen LogP) is 4.46. The number of halogens is 1. The molecule has 0 radical (unpaired) electrons. The van der Waals surface area contributed by atoms with Gasteiger partial charge in [0.25, 0.3) is 0 Å². The number of nitrogens with one attached hydrogen (secondary N) is 1. The molecule has 1 N–H and O–H groups in total. The smallest absolute Gasteiger partial charge is 0.0209 e. The molecule has 0 aliphatic heterocycles. The largest absolute Gasteiger partial charge is 0.309 e. The maximum absolute atomic E-state index is 3.48. The van der Waals surface area contributed by atoms with Crippen LogP contribution in [0.15, 0.2) is 57.9 Å². The van der Waals surface area contributed by atoms with Crippen LogP contribution in [-0.4, -0.2) is 6.26 Å². The zero-order valence-corrected chi connectivity index (χ0v) is 12.7. The Hall–Kier alpha value is -0.770. The molecule has 0 amide bonds. The van der Waals surface area contributed by atoms with Crippen molar-refractivity contribution in [3.8, 4) is 0 Å². The highest BCUT2D eigenvalue weighted by Gasteiger charge is 1.96. The number of benzene rings is 2. The zero-order chi connectivity index (χ0) is 12.8. The first-order valence-electron chi connectivity index (χ1n) is 5.86. The summed E-state index contributed by atoms with van der Waals surface area (Å²) in [4.78, 5) is 1.31. The van der Waals surface area contributed by atoms with E-state index in [1.807, 2.05) is 6.07 Å². The van der Waals surface area contributed by atoms with Gasteiger partial charge in [-0.25, -0.2) is 0 Å². The highest BCUT2D eigenvalue weighted by molar-refractivity contribution is 9.10. The standard InChI is InChI=1S/C15H16BrNS/c1-18-15-7-5-12(6-8-15)10-17-11-13-3-2-4-14(16)9-13/h2-9,17H,10-11H2,1H3. The molecule has 1 nitrogen and oxygen atoms in total. The third-order valence-electron chi connectivity index (χ3n) is 2.71. The highest BCUT2D eigenvalue weighted by Crippen LogP contribution is 2.15. The van der Waals surface area contributed by atoms with Crippen LogP contribution >= 0.6 is 27.7 Å². The van der Waals surface area contributed by atoms with E-state index in [9.17, 15) is 0 Å². The lowest BCUT2D eigenvalue weighted by molar-refractivity contribution is 0.693. The molecule has 2 aromatic carbocycles. The molecule has 0 bridgehead atoms. The Labute approximate surface area is 121 Å². The second-order valence-electron chi connectivity index (χ2n) is 4.08. The molecule has 0 aliphatic carbocycles. The van der Waals surface area contributed by atoms with Crippen LogP contribution in [0.1, 0.15) is 11.1 Å². The minimum Gasteiger partial charge on any atom is -0.309 e. The van der Waals surface area contributed by atoms with Crippen LogP contribution < -0.4 is 5.32 Å². The van der Waals surface area contributed by atoms with Crippen LogP contribution in [-0.2, 0) is 13.1 Å². The fourth-order valence-electron chi connectivity index (χ4n) is 1.74. The molecule has 18 heavy (non-hydrogen) atoms. The summed E-state index contributed by atoms with van der Waals surface area (Å²) in [6.45, 7) is 1.80. The number of thioether (sulfide) groups is 1. The van der Waals surface area contributed by atoms with Gasteiger partial charge in [0.05, 0.1) is 0 Å². The van der Waals surface area contributed by atoms with E-state index in [1.54, 1.807) is 11.8 Å². The summed E-state index contributed by atoms with van der Waals surface area (Å²) in [5.41, 5.74) is 2.62. The predicted molar refractivity (Wildman–Crippen MR) is 82.9 cm³/mol. The molecule has 0 atom stereocenters. The van der Waals surface area contributed by atoms with Crippen molar-refractivity contribution >= 4 is 27.7 Å². The fourth-order valence-corrected chi connectivity index (χ4v) is 2.60. The molecule has 2 rings (SSSR count). The summed E-state index contributed by atoms with van der Waals surface area (Å²) in [5, 5.41) is 3.46. The van der Waals surface area contributed by atoms with Crippen LogP contribution in [0.3, 0.4) is 0 Å². The molecule has 0 spiro atoms. The Morgan fingerprint density at radius 2 is 1.72 bits per heavy atom. The van der Waals surface area contributed by atoms with Crippen molar-refractivity contribution in [2.45, 2.75) is 18.0 Å². The average molecular weight is 322 g/mol. The third kappa shape index (κ3) is 4.16. The van der Waals surface area contributed by atoms with Gasteiger partial charge in [-0.15, -0.1) is 11.8 Å². The average Bonchev–Trinajstić information content (AvgIpc) is 2.40. The van der Waals surface area contributed by atoms with Gasteiger partial charge in [0.15, 0.2) is 0 Å². The van der Waals surface area contributed by atoms with Crippen LogP contribution in [0.25, 0.3) is 0 Å². The minimum atomic E-state index is 0.893. The van der Waals surface area contributed by atoms with Crippen molar-refractivity contribution in [1.82, 2.24) is 5.32 Å². The fraction of sp³-hybridized carbons (Fsp3) is 0.200. The summed E-state index contributed by atoms with van der Waals surface area (Å²) in [6.07, 6.45) is 2.10. The van der Waals surface area contributed by atoms with Crippen molar-refractivity contribution in [1.29, 1.82) is 0 Å². The maximum Gasteiger partial charge on any atom is 0.0209 e. The molecule has 0 saturated heterocycles. The van der Waals surface area contributed by atoms with E-state index in [-0.39, 0.29) is 0 Å². The third-order valence-corrected chi connectivity index (χ3v) is 3.94. The van der Waals surface area contributed by atoms with Gasteiger partial charge in [-0.05, 0) is 41.6 Å². The molecule has 0 fully saturated rings. The maximum atomic E-state index is 3.48. The summed E-state index contributed by atoms with van der Waals surface area (Å²) < 4.78 is 1.13. The van der Waals surface area contributed by atoms with Crippen LogP contribution in [0.5, 0.6) is 0 Å². The van der Waals surface area contributed by atoms with Crippen molar-refractivity contribution in [3.05, 3.63) is 64.1 Å². The molecule has 0 unspecified atom stereocenters. The molecule has 2 aromatic rings. The quantitative estimate of drug-likeness (QED) is 0.816. The van der Waals surface area contributed by atoms with Gasteiger partial charge in [0, 0.05) is 22.5 Å². The summed E-state index contributed by atoms with van der Waals surface area (Å²) in [6, 6.07) is 17.1. The van der Waals surface area contributed by atoms with Gasteiger partial charge in [-0.1, -0.05) is 40.2 Å². The topological polar surface area (TPSA) is 12.0 Å². The Morgan fingerprint density at radius 3 is 2.39 bits per heavy atom. The zero-order valence-electron chi connectivity index (χ0n) is 10.3. The molecule has 94 valence electrons. The molecular formula is C15H16BrNS. The van der Waals surface area contributed by atoms with Crippen molar-refractivity contribution in [3.63, 3.8) is 0 Å². The number of rotatable bonds is 5. The van der Waals surface area contributed by atoms with Gasteiger partial charge >= 0.3 is 0 Å². The van der Waals surface area contributed by atoms with Crippen LogP contribution in [0.2, 0.25) is 0 Å². The van der Waals surface area contributed by atoms with Crippen LogP contribution in [0.4, 0.5) is 0 Å². The first kappa shape index (κ1) is 13.7. The van der Waals surface area contributed by atoms with E-state index in [2.05, 4.69) is 70.0 Å². The van der Waals surface area contributed by atoms with Crippen molar-refractivity contribution in [2.24, 2.45) is 0 Å². The van der Waals surface area contributed by atoms with Gasteiger partial charge in [0.1, 0.15) is 0 Å². The monoisotopic (exact) mass is 321 g/mol. The van der Waals surface area contributed by atoms with Crippen molar-refractivity contribution < 1.29 is 0 Å². The number of hydrogen-bond donors (Lipinski definition) is 1. The second-order valence-corrected chi connectivity index (χ2v) is 5.88. The normalized spacial score (nSPS) is 10.6. The van der Waals surface area contributed by atoms with E-state index >= 15 is 0 Å². The first-order valence-corrected chi connectivity index (χ1v) is 7.88. The second kappa shape index (κ2) is 6.98. The van der Waals surface area contributed by atoms with Gasteiger partial charge in [-0.3, -0.25) is 0 Å². The molecular weight excluding hydrogens is 306 g/mol. The first-order chi connectivity index (χ1) is 8.78. The minimum absolute atomic E-state index is 0.893. The Bertz CT molecular complexity index is 496. The Kier molecular flexibility index (Phi) is 5.29. The summed E-state index contributed by atoms with van der Waals surface area (Å²) in [7, 11) is 0. The van der Waals surface area contributed by atoms with Gasteiger partial charge in [-0.2, -0.15) is 0 Å². The summed E-state index contributed by atoms with van der Waals surface area (Å²) in [5.74, 6) is 0. The Morgan fingerprint density at radius 1 is 1.00 bits per heavy atom. The Balaban J connectivity index is 1.84. The van der Waals surface area contributed by atoms with E-state index in [0.29, 0.717) is 0 Å². The van der Waals surface area contributed by atoms with Crippen molar-refractivity contribution in [2.75, 3.05) is 6.26 Å². The van der Waals surface area contributed by atoms with Crippen LogP contribution in [0, 0.1) is 0 Å². The van der Waals surface area contributed by atoms with E-state index < -0.39 is 0 Å². The highest BCUT2D eigenvalue weighted by atomic mass is 79.9. The molecule has 0 heterocycles. The summed E-state index contributed by atoms with van der Waals surface area (Å²) >= 11 is 5.26. The molecule has 0 aliphatic rings. The van der Waals surface area contributed by atoms with E-state index in [4.69, 9.17) is 0 Å². The van der Waals surface area contributed by atoms with E-state index in [1.165, 1.54) is 16.0 Å².